The third-order valence-corrected chi connectivity index (χ3v) is 3.65. The lowest BCUT2D eigenvalue weighted by molar-refractivity contribution is 0.147. The first kappa shape index (κ1) is 14.1. The predicted octanol–water partition coefficient (Wildman–Crippen LogP) is 3.42. The number of hydrogen-bond acceptors (Lipinski definition) is 2. The molecule has 0 aliphatic heterocycles. The number of aliphatic hydroxyl groups is 1. The maximum atomic E-state index is 10.5. The Morgan fingerprint density at radius 1 is 1.16 bits per heavy atom. The van der Waals surface area contributed by atoms with Crippen molar-refractivity contribution in [2.24, 2.45) is 5.73 Å². The van der Waals surface area contributed by atoms with Crippen molar-refractivity contribution < 1.29 is 5.11 Å². The zero-order valence-electron chi connectivity index (χ0n) is 10.9. The third-order valence-electron chi connectivity index (χ3n) is 3.41. The van der Waals surface area contributed by atoms with Gasteiger partial charge in [-0.2, -0.15) is 0 Å². The van der Waals surface area contributed by atoms with Crippen LogP contribution < -0.4 is 5.73 Å². The van der Waals surface area contributed by atoms with Crippen LogP contribution in [0.4, 0.5) is 0 Å². The Bertz CT molecular complexity index is 556. The molecule has 0 fully saturated rings. The summed E-state index contributed by atoms with van der Waals surface area (Å²) in [5.41, 5.74) is 8.87. The molecular weight excluding hydrogens is 258 g/mol. The molecule has 2 rings (SSSR count). The summed E-state index contributed by atoms with van der Waals surface area (Å²) in [7, 11) is 0. The summed E-state index contributed by atoms with van der Waals surface area (Å²) in [6.07, 6.45) is -0.648. The lowest BCUT2D eigenvalue weighted by Crippen LogP contribution is -2.21. The fraction of sp³-hybridized carbons (Fsp3) is 0.250. The number of aryl methyl sites for hydroxylation is 1. The van der Waals surface area contributed by atoms with Crippen LogP contribution in [0.3, 0.4) is 0 Å². The van der Waals surface area contributed by atoms with E-state index in [0.29, 0.717) is 11.6 Å². The lowest BCUT2D eigenvalue weighted by Gasteiger charge is -2.24. The van der Waals surface area contributed by atoms with E-state index in [0.717, 1.165) is 16.7 Å². The second kappa shape index (κ2) is 6.20. The molecule has 2 nitrogen and oxygen atoms in total. The normalized spacial score (nSPS) is 14.1. The first-order valence-corrected chi connectivity index (χ1v) is 6.70. The summed E-state index contributed by atoms with van der Waals surface area (Å²) in [6, 6.07) is 15.3. The Morgan fingerprint density at radius 2 is 1.89 bits per heavy atom. The molecule has 2 atom stereocenters. The van der Waals surface area contributed by atoms with Gasteiger partial charge in [-0.05, 0) is 35.7 Å². The molecule has 0 bridgehead atoms. The van der Waals surface area contributed by atoms with Crippen molar-refractivity contribution >= 4 is 11.6 Å². The number of rotatable bonds is 4. The molecule has 2 unspecified atom stereocenters. The average Bonchev–Trinajstić information content (AvgIpc) is 2.41. The van der Waals surface area contributed by atoms with E-state index in [9.17, 15) is 5.11 Å². The van der Waals surface area contributed by atoms with E-state index >= 15 is 0 Å². The van der Waals surface area contributed by atoms with Crippen molar-refractivity contribution in [1.29, 1.82) is 0 Å². The number of halogens is 1. The molecule has 19 heavy (non-hydrogen) atoms. The topological polar surface area (TPSA) is 46.2 Å². The van der Waals surface area contributed by atoms with E-state index in [2.05, 4.69) is 0 Å². The molecule has 0 aliphatic carbocycles. The van der Waals surface area contributed by atoms with Crippen molar-refractivity contribution in [2.45, 2.75) is 18.9 Å². The molecule has 0 spiro atoms. The van der Waals surface area contributed by atoms with Crippen LogP contribution >= 0.6 is 11.6 Å². The highest BCUT2D eigenvalue weighted by atomic mass is 35.5. The first-order valence-electron chi connectivity index (χ1n) is 6.32. The minimum Gasteiger partial charge on any atom is -0.388 e. The van der Waals surface area contributed by atoms with Crippen LogP contribution in [0.5, 0.6) is 0 Å². The number of aliphatic hydroxyl groups excluding tert-OH is 1. The van der Waals surface area contributed by atoms with Crippen LogP contribution in [0.25, 0.3) is 0 Å². The molecule has 2 aromatic carbocycles. The van der Waals surface area contributed by atoms with Crippen molar-refractivity contribution in [2.75, 3.05) is 6.54 Å². The van der Waals surface area contributed by atoms with Gasteiger partial charge in [0.15, 0.2) is 0 Å². The molecular formula is C16H18ClNO. The van der Waals surface area contributed by atoms with E-state index in [1.165, 1.54) is 0 Å². The van der Waals surface area contributed by atoms with Gasteiger partial charge in [0, 0.05) is 17.5 Å². The second-order valence-electron chi connectivity index (χ2n) is 4.70. The molecule has 0 aromatic heterocycles. The van der Waals surface area contributed by atoms with E-state index in [4.69, 9.17) is 17.3 Å². The van der Waals surface area contributed by atoms with Gasteiger partial charge in [0.2, 0.25) is 0 Å². The Balaban J connectivity index is 2.35. The fourth-order valence-electron chi connectivity index (χ4n) is 2.35. The van der Waals surface area contributed by atoms with Gasteiger partial charge in [-0.3, -0.25) is 0 Å². The molecule has 2 aromatic rings. The van der Waals surface area contributed by atoms with Crippen LogP contribution in [0.15, 0.2) is 48.5 Å². The number of nitrogens with two attached hydrogens (primary N) is 1. The maximum Gasteiger partial charge on any atom is 0.0871 e. The highest BCUT2D eigenvalue weighted by molar-refractivity contribution is 6.30. The van der Waals surface area contributed by atoms with Crippen LogP contribution in [0, 0.1) is 6.92 Å². The summed E-state index contributed by atoms with van der Waals surface area (Å²) in [4.78, 5) is 0. The zero-order chi connectivity index (χ0) is 13.8. The number of benzene rings is 2. The molecule has 3 N–H and O–H groups in total. The van der Waals surface area contributed by atoms with Crippen molar-refractivity contribution in [3.05, 3.63) is 70.2 Å². The summed E-state index contributed by atoms with van der Waals surface area (Å²) in [6.45, 7) is 2.42. The van der Waals surface area contributed by atoms with E-state index in [1.54, 1.807) is 12.1 Å². The molecule has 0 heterocycles. The third kappa shape index (κ3) is 3.16. The van der Waals surface area contributed by atoms with E-state index in [1.807, 2.05) is 43.3 Å². The highest BCUT2D eigenvalue weighted by Crippen LogP contribution is 2.32. The molecule has 0 saturated carbocycles. The van der Waals surface area contributed by atoms with Gasteiger partial charge in [-0.15, -0.1) is 0 Å². The standard InChI is InChI=1S/C16H18ClNO/c1-11-5-2-3-8-14(11)15(10-18)16(19)12-6-4-7-13(17)9-12/h2-9,15-16,19H,10,18H2,1H3. The van der Waals surface area contributed by atoms with Gasteiger partial charge in [0.25, 0.3) is 0 Å². The van der Waals surface area contributed by atoms with Gasteiger partial charge < -0.3 is 10.8 Å². The predicted molar refractivity (Wildman–Crippen MR) is 79.4 cm³/mol. The van der Waals surface area contributed by atoms with Gasteiger partial charge in [-0.1, -0.05) is 48.0 Å². The minimum absolute atomic E-state index is 0.125. The quantitative estimate of drug-likeness (QED) is 0.898. The average molecular weight is 276 g/mol. The van der Waals surface area contributed by atoms with Crippen molar-refractivity contribution in [1.82, 2.24) is 0 Å². The van der Waals surface area contributed by atoms with Crippen LogP contribution in [-0.4, -0.2) is 11.7 Å². The Labute approximate surface area is 118 Å². The Morgan fingerprint density at radius 3 is 2.53 bits per heavy atom. The summed E-state index contributed by atoms with van der Waals surface area (Å²) >= 11 is 5.97. The molecule has 0 amide bonds. The zero-order valence-corrected chi connectivity index (χ0v) is 11.6. The Kier molecular flexibility index (Phi) is 4.59. The van der Waals surface area contributed by atoms with Gasteiger partial charge >= 0.3 is 0 Å². The second-order valence-corrected chi connectivity index (χ2v) is 5.14. The smallest absolute Gasteiger partial charge is 0.0871 e. The summed E-state index contributed by atoms with van der Waals surface area (Å²) in [5, 5.41) is 11.2. The molecule has 100 valence electrons. The van der Waals surface area contributed by atoms with E-state index in [-0.39, 0.29) is 5.92 Å². The summed E-state index contributed by atoms with van der Waals surface area (Å²) < 4.78 is 0. The van der Waals surface area contributed by atoms with Gasteiger partial charge in [0.1, 0.15) is 0 Å². The first-order chi connectivity index (χ1) is 9.13. The van der Waals surface area contributed by atoms with Gasteiger partial charge in [0.05, 0.1) is 6.10 Å². The monoisotopic (exact) mass is 275 g/mol. The maximum absolute atomic E-state index is 10.5. The van der Waals surface area contributed by atoms with Crippen LogP contribution in [0.1, 0.15) is 28.7 Å². The minimum atomic E-state index is -0.648. The van der Waals surface area contributed by atoms with E-state index < -0.39 is 6.10 Å². The fourth-order valence-corrected chi connectivity index (χ4v) is 2.55. The Hall–Kier alpha value is -1.35. The van der Waals surface area contributed by atoms with Crippen LogP contribution in [-0.2, 0) is 0 Å². The summed E-state index contributed by atoms with van der Waals surface area (Å²) in [5.74, 6) is -0.125. The molecule has 0 saturated heterocycles. The van der Waals surface area contributed by atoms with Crippen molar-refractivity contribution in [3.8, 4) is 0 Å². The SMILES string of the molecule is Cc1ccccc1C(CN)C(O)c1cccc(Cl)c1. The number of hydrogen-bond donors (Lipinski definition) is 2. The van der Waals surface area contributed by atoms with Crippen LogP contribution in [0.2, 0.25) is 5.02 Å². The molecule has 3 heteroatoms. The largest absolute Gasteiger partial charge is 0.388 e. The molecule has 0 radical (unpaired) electrons. The van der Waals surface area contributed by atoms with Crippen molar-refractivity contribution in [3.63, 3.8) is 0 Å². The van der Waals surface area contributed by atoms with Gasteiger partial charge in [-0.25, -0.2) is 0 Å². The lowest BCUT2D eigenvalue weighted by atomic mass is 9.87. The highest BCUT2D eigenvalue weighted by Gasteiger charge is 2.22. The molecule has 0 aliphatic rings.